The van der Waals surface area contributed by atoms with Gasteiger partial charge in [0.15, 0.2) is 0 Å². The quantitative estimate of drug-likeness (QED) is 0.666. The third-order valence-electron chi connectivity index (χ3n) is 3.06. The zero-order valence-corrected chi connectivity index (χ0v) is 9.22. The number of hydrogen-bond donors (Lipinski definition) is 1. The van der Waals surface area contributed by atoms with Gasteiger partial charge in [0.2, 0.25) is 0 Å². The summed E-state index contributed by atoms with van der Waals surface area (Å²) in [6.45, 7) is 6.43. The molecule has 0 saturated heterocycles. The largest absolute Gasteiger partial charge is 0.507 e. The van der Waals surface area contributed by atoms with Crippen LogP contribution in [0.3, 0.4) is 0 Å². The van der Waals surface area contributed by atoms with E-state index >= 15 is 0 Å². The third-order valence-corrected chi connectivity index (χ3v) is 3.06. The molecule has 1 aliphatic carbocycles. The van der Waals surface area contributed by atoms with E-state index in [0.29, 0.717) is 5.75 Å². The lowest BCUT2D eigenvalue weighted by molar-refractivity contribution is 0.441. The van der Waals surface area contributed by atoms with Gasteiger partial charge in [0.05, 0.1) is 0 Å². The molecular formula is C13H18O. The highest BCUT2D eigenvalue weighted by Gasteiger charge is 2.23. The Balaban J connectivity index is 2.56. The number of benzene rings is 1. The lowest BCUT2D eigenvalue weighted by atomic mass is 9.84. The molecule has 0 aliphatic heterocycles. The molecule has 0 atom stereocenters. The summed E-state index contributed by atoms with van der Waals surface area (Å²) in [6, 6.07) is 4.27. The molecule has 1 heteroatoms. The van der Waals surface area contributed by atoms with Crippen molar-refractivity contribution in [2.75, 3.05) is 0 Å². The van der Waals surface area contributed by atoms with Crippen LogP contribution in [0.5, 0.6) is 5.75 Å². The van der Waals surface area contributed by atoms with Crippen LogP contribution in [0.25, 0.3) is 0 Å². The van der Waals surface area contributed by atoms with Crippen molar-refractivity contribution < 1.29 is 5.11 Å². The number of fused-ring (bicyclic) bond motifs is 1. The second-order valence-electron chi connectivity index (χ2n) is 5.20. The third kappa shape index (κ3) is 1.41. The number of aromatic hydroxyl groups is 1. The van der Waals surface area contributed by atoms with E-state index in [0.717, 1.165) is 18.4 Å². The van der Waals surface area contributed by atoms with Crippen LogP contribution >= 0.6 is 0 Å². The van der Waals surface area contributed by atoms with E-state index in [4.69, 9.17) is 0 Å². The molecule has 0 saturated carbocycles. The van der Waals surface area contributed by atoms with Crippen LogP contribution in [0.2, 0.25) is 0 Å². The Hall–Kier alpha value is -0.980. The van der Waals surface area contributed by atoms with E-state index in [1.165, 1.54) is 17.5 Å². The number of phenols is 1. The molecular weight excluding hydrogens is 172 g/mol. The monoisotopic (exact) mass is 190 g/mol. The lowest BCUT2D eigenvalue weighted by Gasteiger charge is -2.22. The molecule has 2 rings (SSSR count). The second-order valence-corrected chi connectivity index (χ2v) is 5.20. The maximum atomic E-state index is 10.1. The molecule has 1 aromatic rings. The molecule has 1 aromatic carbocycles. The minimum absolute atomic E-state index is 0.0434. The minimum Gasteiger partial charge on any atom is -0.507 e. The van der Waals surface area contributed by atoms with Gasteiger partial charge in [-0.25, -0.2) is 0 Å². The number of hydrogen-bond acceptors (Lipinski definition) is 1. The van der Waals surface area contributed by atoms with E-state index in [1.807, 2.05) is 0 Å². The fourth-order valence-corrected chi connectivity index (χ4v) is 2.25. The maximum Gasteiger partial charge on any atom is 0.122 e. The molecule has 0 unspecified atom stereocenters. The first-order chi connectivity index (χ1) is 6.50. The predicted octanol–water partition coefficient (Wildman–Crippen LogP) is 3.18. The first-order valence-corrected chi connectivity index (χ1v) is 5.34. The van der Waals surface area contributed by atoms with Gasteiger partial charge in [0.1, 0.15) is 5.75 Å². The van der Waals surface area contributed by atoms with Gasteiger partial charge in [-0.1, -0.05) is 32.9 Å². The van der Waals surface area contributed by atoms with Crippen LogP contribution < -0.4 is 0 Å². The maximum absolute atomic E-state index is 10.1. The van der Waals surface area contributed by atoms with Gasteiger partial charge in [0, 0.05) is 0 Å². The normalized spacial score (nSPS) is 15.6. The SMILES string of the molecule is CC(C)(C)c1ccc2c(c1O)CCC2. The van der Waals surface area contributed by atoms with Crippen LogP contribution in [0.4, 0.5) is 0 Å². The zero-order valence-electron chi connectivity index (χ0n) is 9.22. The number of aryl methyl sites for hydroxylation is 1. The second kappa shape index (κ2) is 3.01. The Morgan fingerprint density at radius 3 is 2.50 bits per heavy atom. The van der Waals surface area contributed by atoms with Gasteiger partial charge >= 0.3 is 0 Å². The molecule has 1 N–H and O–H groups in total. The topological polar surface area (TPSA) is 20.2 Å². The first-order valence-electron chi connectivity index (χ1n) is 5.34. The first kappa shape index (κ1) is 9.57. The van der Waals surface area contributed by atoms with Crippen molar-refractivity contribution in [3.05, 3.63) is 28.8 Å². The summed E-state index contributed by atoms with van der Waals surface area (Å²) in [6.07, 6.45) is 3.37. The average molecular weight is 190 g/mol. The molecule has 1 aliphatic rings. The van der Waals surface area contributed by atoms with Crippen LogP contribution in [0.1, 0.15) is 43.9 Å². The van der Waals surface area contributed by atoms with Crippen molar-refractivity contribution in [1.82, 2.24) is 0 Å². The summed E-state index contributed by atoms with van der Waals surface area (Å²) in [5.74, 6) is 0.549. The summed E-state index contributed by atoms with van der Waals surface area (Å²) in [4.78, 5) is 0. The molecule has 14 heavy (non-hydrogen) atoms. The fraction of sp³-hybridized carbons (Fsp3) is 0.538. The van der Waals surface area contributed by atoms with E-state index in [9.17, 15) is 5.11 Å². The summed E-state index contributed by atoms with van der Waals surface area (Å²) in [5, 5.41) is 10.1. The van der Waals surface area contributed by atoms with Crippen LogP contribution in [0.15, 0.2) is 12.1 Å². The average Bonchev–Trinajstić information content (AvgIpc) is 2.50. The Labute approximate surface area is 85.8 Å². The highest BCUT2D eigenvalue weighted by Crippen LogP contribution is 2.38. The van der Waals surface area contributed by atoms with Crippen LogP contribution in [-0.2, 0) is 18.3 Å². The Kier molecular flexibility index (Phi) is 2.06. The summed E-state index contributed by atoms with van der Waals surface area (Å²) >= 11 is 0. The lowest BCUT2D eigenvalue weighted by Crippen LogP contribution is -2.12. The van der Waals surface area contributed by atoms with Crippen molar-refractivity contribution in [2.45, 2.75) is 45.4 Å². The van der Waals surface area contributed by atoms with Crippen LogP contribution in [-0.4, -0.2) is 5.11 Å². The van der Waals surface area contributed by atoms with Crippen LogP contribution in [0, 0.1) is 0 Å². The van der Waals surface area contributed by atoms with Gasteiger partial charge in [-0.05, 0) is 41.4 Å². The van der Waals surface area contributed by atoms with Gasteiger partial charge in [-0.2, -0.15) is 0 Å². The van der Waals surface area contributed by atoms with Crippen molar-refractivity contribution >= 4 is 0 Å². The number of rotatable bonds is 0. The smallest absolute Gasteiger partial charge is 0.122 e. The molecule has 1 nitrogen and oxygen atoms in total. The van der Waals surface area contributed by atoms with Crippen molar-refractivity contribution in [1.29, 1.82) is 0 Å². The van der Waals surface area contributed by atoms with Gasteiger partial charge in [0.25, 0.3) is 0 Å². The number of phenolic OH excluding ortho intramolecular Hbond substituents is 1. The standard InChI is InChI=1S/C13H18O/c1-13(2,3)11-8-7-9-5-4-6-10(9)12(11)14/h7-8,14H,4-6H2,1-3H3. The van der Waals surface area contributed by atoms with E-state index in [-0.39, 0.29) is 5.41 Å². The minimum atomic E-state index is 0.0434. The highest BCUT2D eigenvalue weighted by atomic mass is 16.3. The van der Waals surface area contributed by atoms with Crippen molar-refractivity contribution in [3.63, 3.8) is 0 Å². The van der Waals surface area contributed by atoms with E-state index in [2.05, 4.69) is 32.9 Å². The fourth-order valence-electron chi connectivity index (χ4n) is 2.25. The Bertz CT molecular complexity index is 358. The van der Waals surface area contributed by atoms with Crippen molar-refractivity contribution in [3.8, 4) is 5.75 Å². The van der Waals surface area contributed by atoms with Gasteiger partial charge in [-0.3, -0.25) is 0 Å². The molecule has 0 spiro atoms. The highest BCUT2D eigenvalue weighted by molar-refractivity contribution is 5.50. The van der Waals surface area contributed by atoms with Gasteiger partial charge in [-0.15, -0.1) is 0 Å². The Morgan fingerprint density at radius 2 is 1.86 bits per heavy atom. The summed E-state index contributed by atoms with van der Waals surface area (Å²) < 4.78 is 0. The summed E-state index contributed by atoms with van der Waals surface area (Å²) in [7, 11) is 0. The molecule has 0 bridgehead atoms. The zero-order chi connectivity index (χ0) is 10.3. The molecule has 0 heterocycles. The molecule has 0 aromatic heterocycles. The Morgan fingerprint density at radius 1 is 1.14 bits per heavy atom. The van der Waals surface area contributed by atoms with Crippen molar-refractivity contribution in [2.24, 2.45) is 0 Å². The molecule has 0 fully saturated rings. The molecule has 0 radical (unpaired) electrons. The molecule has 76 valence electrons. The van der Waals surface area contributed by atoms with E-state index in [1.54, 1.807) is 0 Å². The predicted molar refractivity (Wildman–Crippen MR) is 58.8 cm³/mol. The van der Waals surface area contributed by atoms with E-state index < -0.39 is 0 Å². The molecule has 0 amide bonds. The summed E-state index contributed by atoms with van der Waals surface area (Å²) in [5.41, 5.74) is 3.66. The van der Waals surface area contributed by atoms with Gasteiger partial charge < -0.3 is 5.11 Å².